The Kier molecular flexibility index (Phi) is 4.06. The van der Waals surface area contributed by atoms with Crippen LogP contribution in [-0.4, -0.2) is 6.71 Å². The van der Waals surface area contributed by atoms with E-state index in [1.165, 1.54) is 85.1 Å². The minimum Gasteiger partial charge on any atom is -0.458 e. The van der Waals surface area contributed by atoms with Crippen molar-refractivity contribution in [3.05, 3.63) is 117 Å². The fraction of sp³-hybridized carbons (Fsp3) is 0.211. The third-order valence-electron chi connectivity index (χ3n) is 10.9. The highest BCUT2D eigenvalue weighted by atomic mass is 16.5. The van der Waals surface area contributed by atoms with Crippen LogP contribution in [0, 0.1) is 0 Å². The van der Waals surface area contributed by atoms with Crippen molar-refractivity contribution in [1.29, 1.82) is 0 Å². The first-order valence-electron chi connectivity index (χ1n) is 15.6. The summed E-state index contributed by atoms with van der Waals surface area (Å²) in [5.41, 5.74) is 18.9. The molecular formula is C38H28BNO2. The molecule has 0 aromatic heterocycles. The lowest BCUT2D eigenvalue weighted by atomic mass is 9.34. The molecule has 0 saturated heterocycles. The van der Waals surface area contributed by atoms with Crippen molar-refractivity contribution in [2.75, 3.05) is 4.90 Å². The number of fused-ring (bicyclic) bond motifs is 8. The Morgan fingerprint density at radius 1 is 0.405 bits per heavy atom. The Balaban J connectivity index is 1.14. The zero-order valence-electron chi connectivity index (χ0n) is 23.4. The smallest absolute Gasteiger partial charge is 0.260 e. The topological polar surface area (TPSA) is 21.7 Å². The lowest BCUT2D eigenvalue weighted by molar-refractivity contribution is 0.463. The Labute approximate surface area is 245 Å². The molecule has 2 aliphatic heterocycles. The summed E-state index contributed by atoms with van der Waals surface area (Å²) < 4.78 is 13.7. The van der Waals surface area contributed by atoms with Gasteiger partial charge in [0.2, 0.25) is 0 Å². The van der Waals surface area contributed by atoms with Gasteiger partial charge in [0.15, 0.2) is 0 Å². The first-order valence-corrected chi connectivity index (χ1v) is 15.6. The molecule has 3 nitrogen and oxygen atoms in total. The molecule has 4 aliphatic carbocycles. The Hall–Kier alpha value is -4.44. The summed E-state index contributed by atoms with van der Waals surface area (Å²) in [5.74, 6) is 3.87. The molecule has 0 atom stereocenters. The summed E-state index contributed by atoms with van der Waals surface area (Å²) in [6.07, 6.45) is 9.31. The van der Waals surface area contributed by atoms with E-state index < -0.39 is 0 Å². The summed E-state index contributed by atoms with van der Waals surface area (Å²) in [4.78, 5) is 2.41. The highest BCUT2D eigenvalue weighted by Gasteiger charge is 2.42. The molecule has 0 unspecified atom stereocenters. The summed E-state index contributed by atoms with van der Waals surface area (Å²) in [6.45, 7) is 0.134. The van der Waals surface area contributed by atoms with Crippen LogP contribution < -0.4 is 30.8 Å². The zero-order chi connectivity index (χ0) is 27.1. The predicted octanol–water partition coefficient (Wildman–Crippen LogP) is 6.28. The molecule has 42 heavy (non-hydrogen) atoms. The summed E-state index contributed by atoms with van der Waals surface area (Å²) in [6, 6.07) is 28.0. The van der Waals surface area contributed by atoms with Gasteiger partial charge in [0.1, 0.15) is 23.0 Å². The largest absolute Gasteiger partial charge is 0.458 e. The lowest BCUT2D eigenvalue weighted by Gasteiger charge is -2.37. The number of anilines is 3. The molecule has 0 fully saturated rings. The van der Waals surface area contributed by atoms with Crippen LogP contribution in [-0.2, 0) is 51.4 Å². The second-order valence-electron chi connectivity index (χ2n) is 13.1. The van der Waals surface area contributed by atoms with E-state index in [0.29, 0.717) is 0 Å². The van der Waals surface area contributed by atoms with E-state index >= 15 is 0 Å². The Morgan fingerprint density at radius 2 is 0.833 bits per heavy atom. The standard InChI is InChI=1S/C38H28BNO2/c1-3-23-13-29(11-9-21(1)23)40(30-12-10-22-2-4-24(22)14-30)31-19-36-38-37(20-31)42-35-18-28-8-6-26(28)16-33(35)39(38)32-15-25-5-7-27(25)17-34(32)41-36/h9-20H,1-8H2. The number of aryl methyl sites for hydroxylation is 8. The van der Waals surface area contributed by atoms with Crippen LogP contribution in [0.15, 0.2) is 72.8 Å². The van der Waals surface area contributed by atoms with Gasteiger partial charge in [0, 0.05) is 29.0 Å². The second kappa shape index (κ2) is 7.69. The van der Waals surface area contributed by atoms with Gasteiger partial charge in [-0.05, 0) is 143 Å². The van der Waals surface area contributed by atoms with Crippen molar-refractivity contribution < 1.29 is 9.47 Å². The maximum absolute atomic E-state index is 6.84. The first kappa shape index (κ1) is 22.2. The highest BCUT2D eigenvalue weighted by molar-refractivity contribution is 6.98. The molecule has 0 radical (unpaired) electrons. The molecule has 4 heteroatoms. The minimum absolute atomic E-state index is 0.134. The lowest BCUT2D eigenvalue weighted by Crippen LogP contribution is -2.58. The van der Waals surface area contributed by atoms with Crippen molar-refractivity contribution in [3.63, 3.8) is 0 Å². The number of benzene rings is 5. The molecule has 200 valence electrons. The van der Waals surface area contributed by atoms with Gasteiger partial charge in [-0.25, -0.2) is 0 Å². The molecule has 11 rings (SSSR count). The van der Waals surface area contributed by atoms with E-state index in [1.54, 1.807) is 0 Å². The van der Waals surface area contributed by atoms with Gasteiger partial charge in [0.25, 0.3) is 6.71 Å². The Morgan fingerprint density at radius 3 is 1.26 bits per heavy atom. The normalized spacial score (nSPS) is 16.6. The molecule has 2 heterocycles. The average Bonchev–Trinajstić information content (AvgIpc) is 2.94. The molecule has 0 saturated carbocycles. The zero-order valence-corrected chi connectivity index (χ0v) is 23.4. The van der Waals surface area contributed by atoms with Crippen LogP contribution in [0.1, 0.15) is 44.5 Å². The van der Waals surface area contributed by atoms with E-state index in [1.807, 2.05) is 0 Å². The van der Waals surface area contributed by atoms with Gasteiger partial charge in [-0.1, -0.05) is 24.3 Å². The second-order valence-corrected chi connectivity index (χ2v) is 13.1. The highest BCUT2D eigenvalue weighted by Crippen LogP contribution is 2.45. The molecular weight excluding hydrogens is 513 g/mol. The maximum atomic E-state index is 6.84. The van der Waals surface area contributed by atoms with Gasteiger partial charge in [-0.15, -0.1) is 0 Å². The third-order valence-corrected chi connectivity index (χ3v) is 10.9. The SMILES string of the molecule is c1cc2c(cc1N(c1ccc3c(c1)CC3)c1cc3c4c(c1)Oc1cc5c(cc1B4c1cc4c(cc1O3)CC4)CC5)CC2. The minimum atomic E-state index is 0.134. The molecule has 0 bridgehead atoms. The van der Waals surface area contributed by atoms with E-state index in [4.69, 9.17) is 9.47 Å². The van der Waals surface area contributed by atoms with Crippen molar-refractivity contribution in [2.24, 2.45) is 0 Å². The summed E-state index contributed by atoms with van der Waals surface area (Å²) >= 11 is 0. The van der Waals surface area contributed by atoms with Crippen LogP contribution in [0.5, 0.6) is 23.0 Å². The van der Waals surface area contributed by atoms with E-state index in [-0.39, 0.29) is 6.71 Å². The third kappa shape index (κ3) is 2.88. The van der Waals surface area contributed by atoms with E-state index in [9.17, 15) is 0 Å². The van der Waals surface area contributed by atoms with Crippen molar-refractivity contribution in [1.82, 2.24) is 0 Å². The van der Waals surface area contributed by atoms with Gasteiger partial charge >= 0.3 is 0 Å². The Bertz CT molecular complexity index is 1940. The van der Waals surface area contributed by atoms with Crippen molar-refractivity contribution in [2.45, 2.75) is 51.4 Å². The number of hydrogen-bond donors (Lipinski definition) is 0. The maximum Gasteiger partial charge on any atom is 0.260 e. The number of hydrogen-bond acceptors (Lipinski definition) is 3. The quantitative estimate of drug-likeness (QED) is 0.246. The van der Waals surface area contributed by atoms with Gasteiger partial charge in [-0.3, -0.25) is 0 Å². The van der Waals surface area contributed by atoms with Crippen molar-refractivity contribution in [3.8, 4) is 23.0 Å². The fourth-order valence-corrected chi connectivity index (χ4v) is 8.09. The number of ether oxygens (including phenoxy) is 2. The number of nitrogens with zero attached hydrogens (tertiary/aromatic N) is 1. The summed E-state index contributed by atoms with van der Waals surface area (Å²) in [5, 5.41) is 0. The molecule has 0 N–H and O–H groups in total. The number of rotatable bonds is 3. The van der Waals surface area contributed by atoms with Crippen molar-refractivity contribution >= 4 is 40.2 Å². The van der Waals surface area contributed by atoms with Crippen LogP contribution >= 0.6 is 0 Å². The van der Waals surface area contributed by atoms with Crippen LogP contribution in [0.2, 0.25) is 0 Å². The molecule has 0 amide bonds. The van der Waals surface area contributed by atoms with E-state index in [2.05, 4.69) is 77.7 Å². The first-order chi connectivity index (χ1) is 20.7. The molecule has 5 aromatic carbocycles. The molecule has 0 spiro atoms. The van der Waals surface area contributed by atoms with Crippen LogP contribution in [0.25, 0.3) is 0 Å². The average molecular weight is 541 g/mol. The van der Waals surface area contributed by atoms with Gasteiger partial charge in [0.05, 0.1) is 5.69 Å². The van der Waals surface area contributed by atoms with Crippen LogP contribution in [0.4, 0.5) is 17.1 Å². The van der Waals surface area contributed by atoms with Gasteiger partial charge < -0.3 is 14.4 Å². The van der Waals surface area contributed by atoms with Crippen LogP contribution in [0.3, 0.4) is 0 Å². The van der Waals surface area contributed by atoms with Gasteiger partial charge in [-0.2, -0.15) is 0 Å². The van der Waals surface area contributed by atoms with E-state index in [0.717, 1.165) is 67.2 Å². The monoisotopic (exact) mass is 541 g/mol. The summed E-state index contributed by atoms with van der Waals surface area (Å²) in [7, 11) is 0. The predicted molar refractivity (Wildman–Crippen MR) is 168 cm³/mol. The fourth-order valence-electron chi connectivity index (χ4n) is 8.09. The molecule has 5 aromatic rings. The molecule has 6 aliphatic rings.